The molecule has 1 aliphatic heterocycles. The van der Waals surface area contributed by atoms with Crippen LogP contribution in [0.1, 0.15) is 47.9 Å². The second-order valence-electron chi connectivity index (χ2n) is 5.84. The molecule has 1 saturated heterocycles. The second-order valence-corrected chi connectivity index (χ2v) is 6.62. The number of amides is 1. The maximum Gasteiger partial charge on any atom is 0.252 e. The van der Waals surface area contributed by atoms with E-state index in [1.807, 2.05) is 10.8 Å². The third-order valence-corrected chi connectivity index (χ3v) is 4.92. The van der Waals surface area contributed by atoms with Crippen LogP contribution in [0.25, 0.3) is 0 Å². The third kappa shape index (κ3) is 3.63. The summed E-state index contributed by atoms with van der Waals surface area (Å²) in [6, 6.07) is 3.30. The summed E-state index contributed by atoms with van der Waals surface area (Å²) in [7, 11) is 0. The molecule has 0 saturated carbocycles. The first-order valence-corrected chi connectivity index (χ1v) is 8.85. The molecule has 3 rings (SSSR count). The van der Waals surface area contributed by atoms with Crippen LogP contribution in [0.2, 0.25) is 0 Å². The van der Waals surface area contributed by atoms with E-state index in [0.717, 1.165) is 12.8 Å². The van der Waals surface area contributed by atoms with Gasteiger partial charge < -0.3 is 10.1 Å². The standard InChI is InChI=1S/C16H19N5O2S/c1-11(8-17)21-9-14(19-20-21)15(12-2-5-23-6-3-12)18-16(22)13-4-7-24-10-13/h4,7,9-12,15H,2-3,5-6H2,1H3,(H,18,22)/t11-,15-/m0/s1. The van der Waals surface area contributed by atoms with E-state index < -0.39 is 6.04 Å². The van der Waals surface area contributed by atoms with Gasteiger partial charge in [0.15, 0.2) is 0 Å². The van der Waals surface area contributed by atoms with Crippen molar-refractivity contribution in [3.63, 3.8) is 0 Å². The molecule has 0 unspecified atom stereocenters. The highest BCUT2D eigenvalue weighted by Gasteiger charge is 2.30. The Morgan fingerprint density at radius 1 is 1.54 bits per heavy atom. The normalized spacial score (nSPS) is 17.8. The van der Waals surface area contributed by atoms with Crippen molar-refractivity contribution in [3.05, 3.63) is 34.3 Å². The summed E-state index contributed by atoms with van der Waals surface area (Å²) in [5.74, 6) is 0.125. The van der Waals surface area contributed by atoms with Crippen molar-refractivity contribution in [2.45, 2.75) is 31.8 Å². The first kappa shape index (κ1) is 16.6. The number of rotatable bonds is 5. The van der Waals surface area contributed by atoms with Crippen molar-refractivity contribution in [2.24, 2.45) is 5.92 Å². The van der Waals surface area contributed by atoms with Crippen molar-refractivity contribution in [1.29, 1.82) is 5.26 Å². The van der Waals surface area contributed by atoms with E-state index in [1.165, 1.54) is 16.0 Å². The largest absolute Gasteiger partial charge is 0.381 e. The van der Waals surface area contributed by atoms with Crippen LogP contribution in [0.5, 0.6) is 0 Å². The summed E-state index contributed by atoms with van der Waals surface area (Å²) < 4.78 is 6.95. The van der Waals surface area contributed by atoms with Crippen molar-refractivity contribution in [2.75, 3.05) is 13.2 Å². The minimum Gasteiger partial charge on any atom is -0.381 e. The predicted molar refractivity (Wildman–Crippen MR) is 88.4 cm³/mol. The molecule has 0 spiro atoms. The quantitative estimate of drug-likeness (QED) is 0.898. The van der Waals surface area contributed by atoms with Crippen molar-refractivity contribution < 1.29 is 9.53 Å². The molecule has 1 fully saturated rings. The average Bonchev–Trinajstić information content (AvgIpc) is 3.31. The Bertz CT molecular complexity index is 715. The topological polar surface area (TPSA) is 92.8 Å². The number of nitriles is 1. The molecule has 126 valence electrons. The van der Waals surface area contributed by atoms with Crippen molar-refractivity contribution in [1.82, 2.24) is 20.3 Å². The van der Waals surface area contributed by atoms with Gasteiger partial charge in [-0.15, -0.1) is 5.10 Å². The zero-order chi connectivity index (χ0) is 16.9. The molecule has 7 nitrogen and oxygen atoms in total. The molecule has 0 aliphatic carbocycles. The third-order valence-electron chi connectivity index (χ3n) is 4.24. The number of carbonyl (C=O) groups is 1. The molecule has 8 heteroatoms. The molecule has 1 aliphatic rings. The summed E-state index contributed by atoms with van der Waals surface area (Å²) in [5.41, 5.74) is 1.34. The van der Waals surface area contributed by atoms with Gasteiger partial charge in [0.2, 0.25) is 0 Å². The van der Waals surface area contributed by atoms with Gasteiger partial charge in [-0.1, -0.05) is 5.21 Å². The Hall–Kier alpha value is -2.24. The number of ether oxygens (including phenoxy) is 1. The van der Waals surface area contributed by atoms with Gasteiger partial charge in [0, 0.05) is 18.6 Å². The molecule has 24 heavy (non-hydrogen) atoms. The van der Waals surface area contributed by atoms with Crippen LogP contribution < -0.4 is 5.32 Å². The first-order chi connectivity index (χ1) is 11.7. The van der Waals surface area contributed by atoms with E-state index in [2.05, 4.69) is 21.7 Å². The zero-order valence-electron chi connectivity index (χ0n) is 13.4. The van der Waals surface area contributed by atoms with Crippen LogP contribution in [0.3, 0.4) is 0 Å². The Morgan fingerprint density at radius 2 is 2.33 bits per heavy atom. The van der Waals surface area contributed by atoms with E-state index in [9.17, 15) is 4.79 Å². The summed E-state index contributed by atoms with van der Waals surface area (Å²) in [6.07, 6.45) is 3.46. The number of aromatic nitrogens is 3. The van der Waals surface area contributed by atoms with Gasteiger partial charge in [0.1, 0.15) is 11.7 Å². The highest BCUT2D eigenvalue weighted by molar-refractivity contribution is 7.08. The van der Waals surface area contributed by atoms with Gasteiger partial charge in [0.05, 0.1) is 23.9 Å². The SMILES string of the molecule is C[C@@H](C#N)n1cc([C@@H](NC(=O)c2ccsc2)C2CCOCC2)nn1. The van der Waals surface area contributed by atoms with Gasteiger partial charge in [0.25, 0.3) is 5.91 Å². The Labute approximate surface area is 144 Å². The number of carbonyl (C=O) groups excluding carboxylic acids is 1. The van der Waals surface area contributed by atoms with Gasteiger partial charge >= 0.3 is 0 Å². The summed E-state index contributed by atoms with van der Waals surface area (Å²) >= 11 is 1.49. The fourth-order valence-corrected chi connectivity index (χ4v) is 3.42. The molecule has 1 amide bonds. The molecule has 0 bridgehead atoms. The Morgan fingerprint density at radius 3 is 3.00 bits per heavy atom. The zero-order valence-corrected chi connectivity index (χ0v) is 14.2. The summed E-state index contributed by atoms with van der Waals surface area (Å²) in [6.45, 7) is 3.11. The van der Waals surface area contributed by atoms with E-state index in [1.54, 1.807) is 19.2 Å². The summed E-state index contributed by atoms with van der Waals surface area (Å²) in [4.78, 5) is 12.5. The predicted octanol–water partition coefficient (Wildman–Crippen LogP) is 2.32. The Balaban J connectivity index is 1.83. The first-order valence-electron chi connectivity index (χ1n) is 7.91. The minimum absolute atomic E-state index is 0.115. The monoisotopic (exact) mass is 345 g/mol. The highest BCUT2D eigenvalue weighted by Crippen LogP contribution is 2.29. The van der Waals surface area contributed by atoms with Gasteiger partial charge in [-0.3, -0.25) is 4.79 Å². The second kappa shape index (κ2) is 7.55. The van der Waals surface area contributed by atoms with Gasteiger partial charge in [-0.05, 0) is 37.1 Å². The number of hydrogen-bond acceptors (Lipinski definition) is 6. The molecule has 2 aromatic heterocycles. The molecule has 2 aromatic rings. The number of thiophene rings is 1. The van der Waals surface area contributed by atoms with E-state index in [-0.39, 0.29) is 17.9 Å². The number of hydrogen-bond donors (Lipinski definition) is 1. The van der Waals surface area contributed by atoms with E-state index in [4.69, 9.17) is 10.00 Å². The highest BCUT2D eigenvalue weighted by atomic mass is 32.1. The minimum atomic E-state index is -0.394. The summed E-state index contributed by atoms with van der Waals surface area (Å²) in [5, 5.41) is 24.1. The van der Waals surface area contributed by atoms with Crippen LogP contribution in [0.4, 0.5) is 0 Å². The Kier molecular flexibility index (Phi) is 5.23. The number of nitrogens with zero attached hydrogens (tertiary/aromatic N) is 4. The van der Waals surface area contributed by atoms with Gasteiger partial charge in [-0.25, -0.2) is 4.68 Å². The van der Waals surface area contributed by atoms with Crippen LogP contribution in [0, 0.1) is 17.2 Å². The van der Waals surface area contributed by atoms with Crippen LogP contribution in [-0.2, 0) is 4.74 Å². The maximum absolute atomic E-state index is 12.5. The molecule has 0 radical (unpaired) electrons. The van der Waals surface area contributed by atoms with Crippen LogP contribution >= 0.6 is 11.3 Å². The molecule has 2 atom stereocenters. The van der Waals surface area contributed by atoms with E-state index >= 15 is 0 Å². The average molecular weight is 345 g/mol. The fraction of sp³-hybridized carbons (Fsp3) is 0.500. The maximum atomic E-state index is 12.5. The smallest absolute Gasteiger partial charge is 0.252 e. The molecule has 1 N–H and O–H groups in total. The molecule has 3 heterocycles. The van der Waals surface area contributed by atoms with Gasteiger partial charge in [-0.2, -0.15) is 16.6 Å². The lowest BCUT2D eigenvalue weighted by Gasteiger charge is -2.29. The lowest BCUT2D eigenvalue weighted by Crippen LogP contribution is -2.36. The fourth-order valence-electron chi connectivity index (χ4n) is 2.78. The van der Waals surface area contributed by atoms with Crippen LogP contribution in [0.15, 0.2) is 23.0 Å². The van der Waals surface area contributed by atoms with Crippen molar-refractivity contribution >= 4 is 17.2 Å². The van der Waals surface area contributed by atoms with Crippen LogP contribution in [-0.4, -0.2) is 34.1 Å². The molecule has 0 aromatic carbocycles. The lowest BCUT2D eigenvalue weighted by atomic mass is 9.89. The molecular formula is C16H19N5O2S. The van der Waals surface area contributed by atoms with Crippen molar-refractivity contribution in [3.8, 4) is 6.07 Å². The molecular weight excluding hydrogens is 326 g/mol. The number of nitrogens with one attached hydrogen (secondary N) is 1. The lowest BCUT2D eigenvalue weighted by molar-refractivity contribution is 0.0508. The van der Waals surface area contributed by atoms with E-state index in [0.29, 0.717) is 24.5 Å².